The summed E-state index contributed by atoms with van der Waals surface area (Å²) in [5.74, 6) is 1.24. The SMILES string of the molecule is CCCCCSc1cccc(CNC(C)(C)C)c1. The molecule has 0 bridgehead atoms. The highest BCUT2D eigenvalue weighted by atomic mass is 32.2. The van der Waals surface area contributed by atoms with E-state index in [1.807, 2.05) is 11.8 Å². The van der Waals surface area contributed by atoms with Crippen LogP contribution in [0.4, 0.5) is 0 Å². The fourth-order valence-electron chi connectivity index (χ4n) is 1.65. The normalized spacial score (nSPS) is 11.8. The number of benzene rings is 1. The molecule has 0 aliphatic carbocycles. The van der Waals surface area contributed by atoms with Gasteiger partial charge in [0.25, 0.3) is 0 Å². The van der Waals surface area contributed by atoms with Gasteiger partial charge in [-0.05, 0) is 50.6 Å². The third kappa shape index (κ3) is 7.07. The molecule has 0 radical (unpaired) electrons. The molecule has 1 aromatic carbocycles. The lowest BCUT2D eigenvalue weighted by atomic mass is 10.1. The van der Waals surface area contributed by atoms with Crippen LogP contribution in [0.5, 0.6) is 0 Å². The second-order valence-corrected chi connectivity index (χ2v) is 6.97. The van der Waals surface area contributed by atoms with Crippen molar-refractivity contribution in [2.75, 3.05) is 5.75 Å². The molecule has 0 saturated carbocycles. The van der Waals surface area contributed by atoms with Gasteiger partial charge < -0.3 is 5.32 Å². The lowest BCUT2D eigenvalue weighted by molar-refractivity contribution is 0.424. The van der Waals surface area contributed by atoms with Crippen molar-refractivity contribution in [3.8, 4) is 0 Å². The number of hydrogen-bond acceptors (Lipinski definition) is 2. The van der Waals surface area contributed by atoms with E-state index in [0.29, 0.717) is 0 Å². The molecule has 1 rings (SSSR count). The van der Waals surface area contributed by atoms with Gasteiger partial charge in [-0.15, -0.1) is 11.8 Å². The van der Waals surface area contributed by atoms with Gasteiger partial charge in [0.05, 0.1) is 0 Å². The predicted molar refractivity (Wildman–Crippen MR) is 83.3 cm³/mol. The Hall–Kier alpha value is -0.470. The Balaban J connectivity index is 2.41. The molecule has 0 saturated heterocycles. The lowest BCUT2D eigenvalue weighted by Gasteiger charge is -2.20. The maximum Gasteiger partial charge on any atom is 0.0210 e. The third-order valence-electron chi connectivity index (χ3n) is 2.74. The quantitative estimate of drug-likeness (QED) is 0.558. The predicted octanol–water partition coefficient (Wildman–Crippen LogP) is 4.86. The Morgan fingerprint density at radius 3 is 2.61 bits per heavy atom. The van der Waals surface area contributed by atoms with E-state index in [2.05, 4.69) is 57.3 Å². The van der Waals surface area contributed by atoms with E-state index in [-0.39, 0.29) is 5.54 Å². The molecule has 1 aromatic rings. The summed E-state index contributed by atoms with van der Waals surface area (Å²) >= 11 is 1.98. The first-order chi connectivity index (χ1) is 8.51. The first kappa shape index (κ1) is 15.6. The first-order valence-corrected chi connectivity index (χ1v) is 7.96. The summed E-state index contributed by atoms with van der Waals surface area (Å²) in [5.41, 5.74) is 1.56. The molecule has 0 atom stereocenters. The number of hydrogen-bond donors (Lipinski definition) is 1. The van der Waals surface area contributed by atoms with E-state index in [0.717, 1.165) is 6.54 Å². The Morgan fingerprint density at radius 1 is 1.17 bits per heavy atom. The minimum Gasteiger partial charge on any atom is -0.308 e. The number of thioether (sulfide) groups is 1. The van der Waals surface area contributed by atoms with Crippen molar-refractivity contribution in [3.05, 3.63) is 29.8 Å². The van der Waals surface area contributed by atoms with Crippen LogP contribution in [0.3, 0.4) is 0 Å². The molecule has 18 heavy (non-hydrogen) atoms. The highest BCUT2D eigenvalue weighted by molar-refractivity contribution is 7.99. The van der Waals surface area contributed by atoms with Crippen LogP contribution in [-0.4, -0.2) is 11.3 Å². The second-order valence-electron chi connectivity index (χ2n) is 5.81. The van der Waals surface area contributed by atoms with E-state index in [4.69, 9.17) is 0 Å². The highest BCUT2D eigenvalue weighted by Gasteiger charge is 2.08. The molecule has 0 amide bonds. The number of nitrogens with one attached hydrogen (secondary N) is 1. The molecule has 0 aliphatic heterocycles. The van der Waals surface area contributed by atoms with Gasteiger partial charge >= 0.3 is 0 Å². The molecule has 0 aromatic heterocycles. The molecule has 0 unspecified atom stereocenters. The van der Waals surface area contributed by atoms with E-state index in [1.165, 1.54) is 35.5 Å². The standard InChI is InChI=1S/C16H27NS/c1-5-6-7-11-18-15-10-8-9-14(12-15)13-17-16(2,3)4/h8-10,12,17H,5-7,11,13H2,1-4H3. The molecule has 0 spiro atoms. The van der Waals surface area contributed by atoms with Gasteiger partial charge in [0.2, 0.25) is 0 Å². The van der Waals surface area contributed by atoms with E-state index in [1.54, 1.807) is 0 Å². The molecule has 1 N–H and O–H groups in total. The summed E-state index contributed by atoms with van der Waals surface area (Å²) in [7, 11) is 0. The largest absolute Gasteiger partial charge is 0.308 e. The van der Waals surface area contributed by atoms with Crippen LogP contribution in [0, 0.1) is 0 Å². The maximum absolute atomic E-state index is 3.53. The molecule has 0 aliphatic rings. The van der Waals surface area contributed by atoms with Crippen molar-refractivity contribution < 1.29 is 0 Å². The molecular weight excluding hydrogens is 238 g/mol. The summed E-state index contributed by atoms with van der Waals surface area (Å²) in [4.78, 5) is 1.40. The lowest BCUT2D eigenvalue weighted by Crippen LogP contribution is -2.35. The number of unbranched alkanes of at least 4 members (excludes halogenated alkanes) is 2. The molecular formula is C16H27NS. The summed E-state index contributed by atoms with van der Waals surface area (Å²) in [6.07, 6.45) is 3.97. The first-order valence-electron chi connectivity index (χ1n) is 6.98. The average Bonchev–Trinajstić information content (AvgIpc) is 2.32. The summed E-state index contributed by atoms with van der Waals surface area (Å²) in [6, 6.07) is 8.91. The maximum atomic E-state index is 3.53. The van der Waals surface area contributed by atoms with Crippen molar-refractivity contribution in [2.45, 2.75) is 63.9 Å². The fraction of sp³-hybridized carbons (Fsp3) is 0.625. The molecule has 1 nitrogen and oxygen atoms in total. The Labute approximate surface area is 117 Å². The summed E-state index contributed by atoms with van der Waals surface area (Å²) < 4.78 is 0. The van der Waals surface area contributed by atoms with Crippen molar-refractivity contribution in [2.24, 2.45) is 0 Å². The summed E-state index contributed by atoms with van der Waals surface area (Å²) in [6.45, 7) is 9.82. The van der Waals surface area contributed by atoms with Gasteiger partial charge in [-0.2, -0.15) is 0 Å². The minimum atomic E-state index is 0.185. The van der Waals surface area contributed by atoms with Crippen LogP contribution in [0.2, 0.25) is 0 Å². The van der Waals surface area contributed by atoms with Crippen LogP contribution in [-0.2, 0) is 6.54 Å². The Bertz CT molecular complexity index is 341. The smallest absolute Gasteiger partial charge is 0.0210 e. The van der Waals surface area contributed by atoms with Crippen LogP contribution in [0.25, 0.3) is 0 Å². The van der Waals surface area contributed by atoms with E-state index < -0.39 is 0 Å². The topological polar surface area (TPSA) is 12.0 Å². The van der Waals surface area contributed by atoms with Gasteiger partial charge in [0.1, 0.15) is 0 Å². The second kappa shape index (κ2) is 7.85. The fourth-order valence-corrected chi connectivity index (χ4v) is 2.65. The van der Waals surface area contributed by atoms with Crippen LogP contribution in [0.1, 0.15) is 52.5 Å². The van der Waals surface area contributed by atoms with Gasteiger partial charge in [-0.3, -0.25) is 0 Å². The zero-order valence-corrected chi connectivity index (χ0v) is 13.1. The molecule has 102 valence electrons. The van der Waals surface area contributed by atoms with Crippen molar-refractivity contribution in [1.82, 2.24) is 5.32 Å². The van der Waals surface area contributed by atoms with Crippen molar-refractivity contribution in [1.29, 1.82) is 0 Å². The van der Waals surface area contributed by atoms with Crippen molar-refractivity contribution in [3.63, 3.8) is 0 Å². The van der Waals surface area contributed by atoms with Crippen LogP contribution < -0.4 is 5.32 Å². The zero-order chi connectivity index (χ0) is 13.4. The Kier molecular flexibility index (Phi) is 6.80. The molecule has 0 fully saturated rings. The van der Waals surface area contributed by atoms with E-state index in [9.17, 15) is 0 Å². The third-order valence-corrected chi connectivity index (χ3v) is 3.82. The van der Waals surface area contributed by atoms with Gasteiger partial charge in [-0.1, -0.05) is 31.9 Å². The zero-order valence-electron chi connectivity index (χ0n) is 12.3. The van der Waals surface area contributed by atoms with Gasteiger partial charge in [0.15, 0.2) is 0 Å². The molecule has 0 heterocycles. The minimum absolute atomic E-state index is 0.185. The van der Waals surface area contributed by atoms with Gasteiger partial charge in [0, 0.05) is 17.0 Å². The molecule has 2 heteroatoms. The monoisotopic (exact) mass is 265 g/mol. The van der Waals surface area contributed by atoms with Crippen LogP contribution in [0.15, 0.2) is 29.2 Å². The average molecular weight is 265 g/mol. The number of rotatable bonds is 7. The van der Waals surface area contributed by atoms with Gasteiger partial charge in [-0.25, -0.2) is 0 Å². The van der Waals surface area contributed by atoms with E-state index >= 15 is 0 Å². The summed E-state index contributed by atoms with van der Waals surface area (Å²) in [5, 5.41) is 3.53. The van der Waals surface area contributed by atoms with Crippen molar-refractivity contribution >= 4 is 11.8 Å². The Morgan fingerprint density at radius 2 is 1.94 bits per heavy atom. The highest BCUT2D eigenvalue weighted by Crippen LogP contribution is 2.21. The van der Waals surface area contributed by atoms with Crippen LogP contribution >= 0.6 is 11.8 Å².